The van der Waals surface area contributed by atoms with Gasteiger partial charge in [-0.05, 0) is 24.1 Å². The summed E-state index contributed by atoms with van der Waals surface area (Å²) in [6, 6.07) is 8.69. The molecule has 2 aromatic rings. The molecular weight excluding hydrogens is 284 g/mol. The quantitative estimate of drug-likeness (QED) is 0.912. The molecule has 1 unspecified atom stereocenters. The standard InChI is InChI=1S/C17H18O5/c1-20-12-4-5-13(15(19)8-12)11-7-10-3-6-14(18)17(21-2)16(10)22-9-11/h3-6,8,11,18-19H,7,9H2,1-2H3. The molecule has 116 valence electrons. The lowest BCUT2D eigenvalue weighted by atomic mass is 9.89. The van der Waals surface area contributed by atoms with Crippen LogP contribution in [0.5, 0.6) is 28.7 Å². The molecule has 3 rings (SSSR count). The molecule has 0 amide bonds. The van der Waals surface area contributed by atoms with Crippen molar-refractivity contribution in [3.05, 3.63) is 41.5 Å². The highest BCUT2D eigenvalue weighted by Crippen LogP contribution is 2.45. The summed E-state index contributed by atoms with van der Waals surface area (Å²) in [7, 11) is 3.06. The second-order valence-corrected chi connectivity index (χ2v) is 5.24. The van der Waals surface area contributed by atoms with Crippen LogP contribution in [-0.4, -0.2) is 31.0 Å². The van der Waals surface area contributed by atoms with E-state index in [1.807, 2.05) is 18.2 Å². The number of benzene rings is 2. The zero-order chi connectivity index (χ0) is 15.7. The fourth-order valence-corrected chi connectivity index (χ4v) is 2.81. The molecule has 0 saturated heterocycles. The molecule has 0 radical (unpaired) electrons. The van der Waals surface area contributed by atoms with Crippen LogP contribution in [-0.2, 0) is 6.42 Å². The van der Waals surface area contributed by atoms with E-state index in [2.05, 4.69) is 0 Å². The number of hydrogen-bond donors (Lipinski definition) is 2. The highest BCUT2D eigenvalue weighted by atomic mass is 16.5. The zero-order valence-electron chi connectivity index (χ0n) is 12.5. The summed E-state index contributed by atoms with van der Waals surface area (Å²) < 4.78 is 16.1. The third-order valence-electron chi connectivity index (χ3n) is 3.95. The van der Waals surface area contributed by atoms with Crippen molar-refractivity contribution >= 4 is 0 Å². The van der Waals surface area contributed by atoms with Gasteiger partial charge in [-0.2, -0.15) is 0 Å². The maximum absolute atomic E-state index is 10.2. The molecule has 0 aromatic heterocycles. The first-order valence-electron chi connectivity index (χ1n) is 7.02. The van der Waals surface area contributed by atoms with Crippen molar-refractivity contribution in [2.45, 2.75) is 12.3 Å². The number of aromatic hydroxyl groups is 2. The Morgan fingerprint density at radius 3 is 2.55 bits per heavy atom. The van der Waals surface area contributed by atoms with Gasteiger partial charge in [-0.1, -0.05) is 12.1 Å². The lowest BCUT2D eigenvalue weighted by Gasteiger charge is -2.27. The van der Waals surface area contributed by atoms with Crippen LogP contribution in [0.3, 0.4) is 0 Å². The summed E-state index contributed by atoms with van der Waals surface area (Å²) in [5, 5.41) is 20.0. The average Bonchev–Trinajstić information content (AvgIpc) is 2.54. The van der Waals surface area contributed by atoms with Crippen molar-refractivity contribution in [3.63, 3.8) is 0 Å². The maximum Gasteiger partial charge on any atom is 0.203 e. The maximum atomic E-state index is 10.2. The second kappa shape index (κ2) is 5.67. The van der Waals surface area contributed by atoms with Crippen molar-refractivity contribution in [1.29, 1.82) is 0 Å². The minimum Gasteiger partial charge on any atom is -0.508 e. The van der Waals surface area contributed by atoms with E-state index in [4.69, 9.17) is 14.2 Å². The summed E-state index contributed by atoms with van der Waals surface area (Å²) in [6.45, 7) is 0.409. The molecule has 0 bridgehead atoms. The molecule has 22 heavy (non-hydrogen) atoms. The largest absolute Gasteiger partial charge is 0.508 e. The first-order chi connectivity index (χ1) is 10.6. The molecule has 1 aliphatic heterocycles. The van der Waals surface area contributed by atoms with Crippen molar-refractivity contribution < 1.29 is 24.4 Å². The number of methoxy groups -OCH3 is 2. The van der Waals surface area contributed by atoms with Gasteiger partial charge < -0.3 is 24.4 Å². The van der Waals surface area contributed by atoms with Gasteiger partial charge in [0.1, 0.15) is 11.5 Å². The molecule has 1 atom stereocenters. The number of phenolic OH excluding ortho intramolecular Hbond substituents is 2. The fourth-order valence-electron chi connectivity index (χ4n) is 2.81. The predicted octanol–water partition coefficient (Wildman–Crippen LogP) is 2.83. The first-order valence-corrected chi connectivity index (χ1v) is 7.02. The Balaban J connectivity index is 1.92. The minimum absolute atomic E-state index is 0.0349. The number of fused-ring (bicyclic) bond motifs is 1. The Morgan fingerprint density at radius 2 is 1.86 bits per heavy atom. The van der Waals surface area contributed by atoms with Crippen LogP contribution in [0.2, 0.25) is 0 Å². The van der Waals surface area contributed by atoms with E-state index in [1.165, 1.54) is 7.11 Å². The third-order valence-corrected chi connectivity index (χ3v) is 3.95. The van der Waals surface area contributed by atoms with E-state index in [9.17, 15) is 10.2 Å². The van der Waals surface area contributed by atoms with E-state index in [1.54, 1.807) is 19.2 Å². The van der Waals surface area contributed by atoms with Gasteiger partial charge in [0.15, 0.2) is 11.5 Å². The smallest absolute Gasteiger partial charge is 0.203 e. The summed E-state index contributed by atoms with van der Waals surface area (Å²) in [5.41, 5.74) is 1.76. The van der Waals surface area contributed by atoms with Gasteiger partial charge in [0.05, 0.1) is 20.8 Å². The van der Waals surface area contributed by atoms with Gasteiger partial charge in [-0.25, -0.2) is 0 Å². The summed E-state index contributed by atoms with van der Waals surface area (Å²) in [4.78, 5) is 0. The van der Waals surface area contributed by atoms with E-state index in [0.717, 1.165) is 11.1 Å². The van der Waals surface area contributed by atoms with E-state index >= 15 is 0 Å². The van der Waals surface area contributed by atoms with Crippen LogP contribution in [0.25, 0.3) is 0 Å². The van der Waals surface area contributed by atoms with Crippen molar-refractivity contribution in [2.24, 2.45) is 0 Å². The Bertz CT molecular complexity index is 696. The Labute approximate surface area is 128 Å². The second-order valence-electron chi connectivity index (χ2n) is 5.24. The Kier molecular flexibility index (Phi) is 3.71. The monoisotopic (exact) mass is 302 g/mol. The topological polar surface area (TPSA) is 68.2 Å². The first kappa shape index (κ1) is 14.4. The van der Waals surface area contributed by atoms with Crippen LogP contribution < -0.4 is 14.2 Å². The number of rotatable bonds is 3. The molecule has 5 heteroatoms. The third kappa shape index (κ3) is 2.39. The molecule has 2 aromatic carbocycles. The minimum atomic E-state index is 0.0349. The molecular formula is C17H18O5. The lowest BCUT2D eigenvalue weighted by molar-refractivity contribution is 0.241. The number of phenols is 2. The van der Waals surface area contributed by atoms with Crippen LogP contribution >= 0.6 is 0 Å². The number of hydrogen-bond acceptors (Lipinski definition) is 5. The molecule has 5 nitrogen and oxygen atoms in total. The van der Waals surface area contributed by atoms with E-state index in [-0.39, 0.29) is 17.4 Å². The van der Waals surface area contributed by atoms with Gasteiger partial charge in [-0.15, -0.1) is 0 Å². The Morgan fingerprint density at radius 1 is 1.05 bits per heavy atom. The van der Waals surface area contributed by atoms with Crippen LogP contribution in [0.4, 0.5) is 0 Å². The van der Waals surface area contributed by atoms with Gasteiger partial charge >= 0.3 is 0 Å². The summed E-state index contributed by atoms with van der Waals surface area (Å²) in [5.74, 6) is 1.84. The fraction of sp³-hybridized carbons (Fsp3) is 0.294. The van der Waals surface area contributed by atoms with Gasteiger partial charge in [0.2, 0.25) is 5.75 Å². The molecule has 0 aliphatic carbocycles. The predicted molar refractivity (Wildman–Crippen MR) is 81.3 cm³/mol. The molecule has 1 aliphatic rings. The van der Waals surface area contributed by atoms with Crippen LogP contribution in [0.15, 0.2) is 30.3 Å². The van der Waals surface area contributed by atoms with E-state index in [0.29, 0.717) is 30.3 Å². The molecule has 0 spiro atoms. The molecule has 0 saturated carbocycles. The summed E-state index contributed by atoms with van der Waals surface area (Å²) >= 11 is 0. The van der Waals surface area contributed by atoms with Crippen LogP contribution in [0.1, 0.15) is 17.0 Å². The molecule has 1 heterocycles. The normalized spacial score (nSPS) is 16.5. The van der Waals surface area contributed by atoms with E-state index < -0.39 is 0 Å². The molecule has 0 fully saturated rings. The highest BCUT2D eigenvalue weighted by molar-refractivity contribution is 5.57. The number of ether oxygens (including phenoxy) is 3. The lowest BCUT2D eigenvalue weighted by Crippen LogP contribution is -2.19. The Hall–Kier alpha value is -2.56. The zero-order valence-corrected chi connectivity index (χ0v) is 12.5. The highest BCUT2D eigenvalue weighted by Gasteiger charge is 2.27. The molecule has 2 N–H and O–H groups in total. The van der Waals surface area contributed by atoms with Gasteiger partial charge in [-0.3, -0.25) is 0 Å². The SMILES string of the molecule is COc1ccc(C2COc3c(ccc(O)c3OC)C2)c(O)c1. The average molecular weight is 302 g/mol. The summed E-state index contributed by atoms with van der Waals surface area (Å²) in [6.07, 6.45) is 0.700. The van der Waals surface area contributed by atoms with Crippen molar-refractivity contribution in [1.82, 2.24) is 0 Å². The van der Waals surface area contributed by atoms with Crippen molar-refractivity contribution in [2.75, 3.05) is 20.8 Å². The van der Waals surface area contributed by atoms with Gasteiger partial charge in [0.25, 0.3) is 0 Å². The van der Waals surface area contributed by atoms with Crippen molar-refractivity contribution in [3.8, 4) is 28.7 Å². The van der Waals surface area contributed by atoms with Gasteiger partial charge in [0, 0.05) is 17.5 Å². The van der Waals surface area contributed by atoms with Crippen LogP contribution in [0, 0.1) is 0 Å².